The predicted octanol–water partition coefficient (Wildman–Crippen LogP) is 2.25. The highest BCUT2D eigenvalue weighted by Gasteiger charge is 1.97. The number of hydrogen-bond donors (Lipinski definition) is 2. The number of anilines is 1. The zero-order chi connectivity index (χ0) is 11.3. The van der Waals surface area contributed by atoms with Crippen LogP contribution in [0, 0.1) is 6.92 Å². The van der Waals surface area contributed by atoms with Gasteiger partial charge in [0.25, 0.3) is 0 Å². The van der Waals surface area contributed by atoms with Crippen LogP contribution in [0.2, 0.25) is 0 Å². The third-order valence-corrected chi connectivity index (χ3v) is 1.95. The third-order valence-electron chi connectivity index (χ3n) is 1.71. The minimum Gasteiger partial charge on any atom is -0.359 e. The summed E-state index contributed by atoms with van der Waals surface area (Å²) in [6.45, 7) is 8.42. The maximum Gasteiger partial charge on any atom is 0.172 e. The molecule has 15 heavy (non-hydrogen) atoms. The Balaban J connectivity index is 2.48. The van der Waals surface area contributed by atoms with E-state index < -0.39 is 0 Å². The monoisotopic (exact) mass is 221 g/mol. The van der Waals surface area contributed by atoms with Crippen molar-refractivity contribution < 1.29 is 0 Å². The molecule has 1 aromatic rings. The lowest BCUT2D eigenvalue weighted by Crippen LogP contribution is -2.29. The SMILES string of the molecule is C=C(C)CNC(=S)Nc1cc(C)ccn1. The first-order valence-electron chi connectivity index (χ1n) is 4.70. The highest BCUT2D eigenvalue weighted by Crippen LogP contribution is 2.04. The highest BCUT2D eigenvalue weighted by molar-refractivity contribution is 7.80. The van der Waals surface area contributed by atoms with E-state index in [0.29, 0.717) is 11.7 Å². The van der Waals surface area contributed by atoms with E-state index in [1.807, 2.05) is 26.0 Å². The van der Waals surface area contributed by atoms with Crippen molar-refractivity contribution in [3.8, 4) is 0 Å². The molecule has 0 aliphatic rings. The quantitative estimate of drug-likeness (QED) is 0.606. The van der Waals surface area contributed by atoms with Gasteiger partial charge in [0.15, 0.2) is 5.11 Å². The number of rotatable bonds is 3. The zero-order valence-electron chi connectivity index (χ0n) is 9.00. The van der Waals surface area contributed by atoms with E-state index in [1.54, 1.807) is 6.20 Å². The average Bonchev–Trinajstić information content (AvgIpc) is 2.15. The summed E-state index contributed by atoms with van der Waals surface area (Å²) in [7, 11) is 0. The molecule has 3 nitrogen and oxygen atoms in total. The lowest BCUT2D eigenvalue weighted by molar-refractivity contribution is 0.998. The second kappa shape index (κ2) is 5.46. The molecule has 0 radical (unpaired) electrons. The van der Waals surface area contributed by atoms with Gasteiger partial charge in [-0.15, -0.1) is 0 Å². The van der Waals surface area contributed by atoms with E-state index in [9.17, 15) is 0 Å². The highest BCUT2D eigenvalue weighted by atomic mass is 32.1. The van der Waals surface area contributed by atoms with Crippen LogP contribution in [0.3, 0.4) is 0 Å². The van der Waals surface area contributed by atoms with Gasteiger partial charge in [-0.2, -0.15) is 0 Å². The van der Waals surface area contributed by atoms with E-state index in [2.05, 4.69) is 22.2 Å². The Morgan fingerprint density at radius 1 is 1.60 bits per heavy atom. The summed E-state index contributed by atoms with van der Waals surface area (Å²) in [4.78, 5) is 4.15. The molecule has 0 aromatic carbocycles. The van der Waals surface area contributed by atoms with Crippen molar-refractivity contribution in [2.45, 2.75) is 13.8 Å². The standard InChI is InChI=1S/C11H15N3S/c1-8(2)7-13-11(15)14-10-6-9(3)4-5-12-10/h4-6H,1,7H2,2-3H3,(H2,12,13,14,15). The van der Waals surface area contributed by atoms with Crippen molar-refractivity contribution in [3.05, 3.63) is 36.0 Å². The van der Waals surface area contributed by atoms with Crippen LogP contribution in [0.5, 0.6) is 0 Å². The number of nitrogens with one attached hydrogen (secondary N) is 2. The summed E-state index contributed by atoms with van der Waals surface area (Å²) in [5.41, 5.74) is 2.19. The van der Waals surface area contributed by atoms with Gasteiger partial charge in [-0.3, -0.25) is 0 Å². The number of thiocarbonyl (C=S) groups is 1. The molecule has 4 heteroatoms. The summed E-state index contributed by atoms with van der Waals surface area (Å²) >= 11 is 5.09. The zero-order valence-corrected chi connectivity index (χ0v) is 9.82. The van der Waals surface area contributed by atoms with Gasteiger partial charge in [-0.1, -0.05) is 12.2 Å². The largest absolute Gasteiger partial charge is 0.359 e. The Morgan fingerprint density at radius 3 is 2.93 bits per heavy atom. The van der Waals surface area contributed by atoms with Crippen LogP contribution in [0.15, 0.2) is 30.5 Å². The number of aromatic nitrogens is 1. The van der Waals surface area contributed by atoms with E-state index in [0.717, 1.165) is 17.0 Å². The minimum absolute atomic E-state index is 0.566. The van der Waals surface area contributed by atoms with Crippen LogP contribution in [0.25, 0.3) is 0 Å². The molecule has 2 N–H and O–H groups in total. The van der Waals surface area contributed by atoms with Gasteiger partial charge >= 0.3 is 0 Å². The summed E-state index contributed by atoms with van der Waals surface area (Å²) < 4.78 is 0. The van der Waals surface area contributed by atoms with E-state index in [1.165, 1.54) is 0 Å². The summed E-state index contributed by atoms with van der Waals surface area (Å²) in [5.74, 6) is 0.759. The van der Waals surface area contributed by atoms with Crippen LogP contribution in [-0.4, -0.2) is 16.6 Å². The van der Waals surface area contributed by atoms with Crippen molar-refractivity contribution in [2.75, 3.05) is 11.9 Å². The van der Waals surface area contributed by atoms with Gasteiger partial charge in [0.1, 0.15) is 5.82 Å². The molecule has 0 aliphatic carbocycles. The lowest BCUT2D eigenvalue weighted by atomic mass is 10.3. The van der Waals surface area contributed by atoms with E-state index in [4.69, 9.17) is 12.2 Å². The number of pyridine rings is 1. The molecule has 1 heterocycles. The van der Waals surface area contributed by atoms with Gasteiger partial charge < -0.3 is 10.6 Å². The van der Waals surface area contributed by atoms with Gasteiger partial charge in [-0.25, -0.2) is 4.98 Å². The number of aryl methyl sites for hydroxylation is 1. The van der Waals surface area contributed by atoms with Crippen LogP contribution in [-0.2, 0) is 0 Å². The Morgan fingerprint density at radius 2 is 2.33 bits per heavy atom. The predicted molar refractivity (Wildman–Crippen MR) is 68.0 cm³/mol. The third kappa shape index (κ3) is 4.56. The maximum absolute atomic E-state index is 5.09. The second-order valence-corrected chi connectivity index (χ2v) is 3.89. The topological polar surface area (TPSA) is 37.0 Å². The Labute approximate surface area is 95.6 Å². The fourth-order valence-electron chi connectivity index (χ4n) is 0.996. The first kappa shape index (κ1) is 11.7. The minimum atomic E-state index is 0.566. The van der Waals surface area contributed by atoms with Crippen molar-refractivity contribution in [1.82, 2.24) is 10.3 Å². The molecule has 0 aliphatic heterocycles. The summed E-state index contributed by atoms with van der Waals surface area (Å²) in [5, 5.41) is 6.60. The second-order valence-electron chi connectivity index (χ2n) is 3.48. The molecule has 1 rings (SSSR count). The van der Waals surface area contributed by atoms with Gasteiger partial charge in [0.05, 0.1) is 0 Å². The first-order chi connectivity index (χ1) is 7.08. The molecular weight excluding hydrogens is 206 g/mol. The Kier molecular flexibility index (Phi) is 4.24. The fourth-order valence-corrected chi connectivity index (χ4v) is 1.17. The van der Waals surface area contributed by atoms with Gasteiger partial charge in [-0.05, 0) is 43.8 Å². The van der Waals surface area contributed by atoms with Crippen LogP contribution in [0.1, 0.15) is 12.5 Å². The Hall–Kier alpha value is -1.42. The molecule has 0 saturated heterocycles. The van der Waals surface area contributed by atoms with Crippen molar-refractivity contribution in [2.24, 2.45) is 0 Å². The van der Waals surface area contributed by atoms with Crippen molar-refractivity contribution in [1.29, 1.82) is 0 Å². The first-order valence-corrected chi connectivity index (χ1v) is 5.10. The van der Waals surface area contributed by atoms with E-state index in [-0.39, 0.29) is 0 Å². The summed E-state index contributed by atoms with van der Waals surface area (Å²) in [6, 6.07) is 3.88. The molecule has 0 saturated carbocycles. The molecule has 0 amide bonds. The molecular formula is C11H15N3S. The van der Waals surface area contributed by atoms with Gasteiger partial charge in [0, 0.05) is 12.7 Å². The van der Waals surface area contributed by atoms with Crippen molar-refractivity contribution in [3.63, 3.8) is 0 Å². The number of nitrogens with zero attached hydrogens (tertiary/aromatic N) is 1. The lowest BCUT2D eigenvalue weighted by Gasteiger charge is -2.09. The molecule has 0 bridgehead atoms. The van der Waals surface area contributed by atoms with Crippen molar-refractivity contribution >= 4 is 23.1 Å². The molecule has 0 atom stereocenters. The maximum atomic E-state index is 5.09. The van der Waals surface area contributed by atoms with E-state index >= 15 is 0 Å². The smallest absolute Gasteiger partial charge is 0.172 e. The van der Waals surface area contributed by atoms with Gasteiger partial charge in [0.2, 0.25) is 0 Å². The fraction of sp³-hybridized carbons (Fsp3) is 0.273. The van der Waals surface area contributed by atoms with Crippen LogP contribution < -0.4 is 10.6 Å². The number of hydrogen-bond acceptors (Lipinski definition) is 2. The van der Waals surface area contributed by atoms with Crippen LogP contribution >= 0.6 is 12.2 Å². The molecule has 0 fully saturated rings. The summed E-state index contributed by atoms with van der Waals surface area (Å²) in [6.07, 6.45) is 1.75. The molecule has 1 aromatic heterocycles. The van der Waals surface area contributed by atoms with Crippen LogP contribution in [0.4, 0.5) is 5.82 Å². The molecule has 0 unspecified atom stereocenters. The molecule has 0 spiro atoms. The average molecular weight is 221 g/mol. The normalized spacial score (nSPS) is 9.47. The Bertz CT molecular complexity index is 374. The molecule has 80 valence electrons.